The Balaban J connectivity index is 2.06. The SMILES string of the molecule is CC(C)N(C(=O)n1cnn(-c2ccccc2C(F)(F)F)c1=O)c1ccc(F)cc1. The summed E-state index contributed by atoms with van der Waals surface area (Å²) < 4.78 is 54.1. The normalized spacial score (nSPS) is 11.7. The lowest BCUT2D eigenvalue weighted by Gasteiger charge is -2.26. The van der Waals surface area contributed by atoms with Gasteiger partial charge in [-0.25, -0.2) is 14.0 Å². The lowest BCUT2D eigenvalue weighted by Crippen LogP contribution is -2.44. The molecule has 2 aromatic carbocycles. The summed E-state index contributed by atoms with van der Waals surface area (Å²) in [5.41, 5.74) is -2.28. The molecule has 0 atom stereocenters. The summed E-state index contributed by atoms with van der Waals surface area (Å²) in [5.74, 6) is -0.501. The van der Waals surface area contributed by atoms with Crippen LogP contribution >= 0.6 is 0 Å². The van der Waals surface area contributed by atoms with E-state index >= 15 is 0 Å². The standard InChI is InChI=1S/C19H16F4N4O2/c1-12(2)26(14-9-7-13(20)8-10-14)17(28)25-11-24-27(18(25)29)16-6-4-3-5-15(16)19(21,22)23/h3-12H,1-2H3. The molecular weight excluding hydrogens is 392 g/mol. The molecule has 6 nitrogen and oxygen atoms in total. The average Bonchev–Trinajstić information content (AvgIpc) is 3.04. The van der Waals surface area contributed by atoms with Crippen LogP contribution in [0.5, 0.6) is 0 Å². The van der Waals surface area contributed by atoms with Gasteiger partial charge in [-0.05, 0) is 50.2 Å². The van der Waals surface area contributed by atoms with Gasteiger partial charge in [-0.1, -0.05) is 12.1 Å². The molecule has 0 saturated heterocycles. The smallest absolute Gasteiger partial charge is 0.291 e. The van der Waals surface area contributed by atoms with Gasteiger partial charge in [0, 0.05) is 11.7 Å². The molecule has 0 spiro atoms. The van der Waals surface area contributed by atoms with Crippen LogP contribution in [-0.2, 0) is 6.18 Å². The zero-order valence-electron chi connectivity index (χ0n) is 15.4. The van der Waals surface area contributed by atoms with Crippen molar-refractivity contribution in [2.75, 3.05) is 4.90 Å². The van der Waals surface area contributed by atoms with Gasteiger partial charge in [-0.3, -0.25) is 4.90 Å². The van der Waals surface area contributed by atoms with Crippen LogP contribution in [0, 0.1) is 5.82 Å². The van der Waals surface area contributed by atoms with Crippen LogP contribution in [-0.4, -0.2) is 26.4 Å². The second kappa shape index (κ2) is 7.53. The summed E-state index contributed by atoms with van der Waals surface area (Å²) in [6, 6.07) is 8.22. The Bertz CT molecular complexity index is 1080. The number of para-hydroxylation sites is 1. The van der Waals surface area contributed by atoms with Crippen molar-refractivity contribution in [2.24, 2.45) is 0 Å². The van der Waals surface area contributed by atoms with Crippen molar-refractivity contribution in [1.29, 1.82) is 0 Å². The highest BCUT2D eigenvalue weighted by Gasteiger charge is 2.35. The molecule has 0 fully saturated rings. The molecule has 0 N–H and O–H groups in total. The zero-order valence-corrected chi connectivity index (χ0v) is 15.4. The van der Waals surface area contributed by atoms with E-state index in [1.54, 1.807) is 13.8 Å². The Morgan fingerprint density at radius 3 is 2.28 bits per heavy atom. The summed E-state index contributed by atoms with van der Waals surface area (Å²) in [5, 5.41) is 3.69. The molecule has 0 radical (unpaired) electrons. The van der Waals surface area contributed by atoms with E-state index in [0.29, 0.717) is 14.9 Å². The van der Waals surface area contributed by atoms with E-state index in [9.17, 15) is 27.2 Å². The van der Waals surface area contributed by atoms with Gasteiger partial charge in [0.15, 0.2) is 0 Å². The Kier molecular flexibility index (Phi) is 5.27. The maximum Gasteiger partial charge on any atom is 0.418 e. The fourth-order valence-corrected chi connectivity index (χ4v) is 2.85. The fourth-order valence-electron chi connectivity index (χ4n) is 2.85. The number of hydrogen-bond acceptors (Lipinski definition) is 3. The molecule has 10 heteroatoms. The number of hydrogen-bond donors (Lipinski definition) is 0. The molecule has 152 valence electrons. The highest BCUT2D eigenvalue weighted by atomic mass is 19.4. The predicted octanol–water partition coefficient (Wildman–Crippen LogP) is 4.08. The first kappa shape index (κ1) is 20.3. The van der Waals surface area contributed by atoms with E-state index < -0.39 is 41.0 Å². The van der Waals surface area contributed by atoms with Gasteiger partial charge in [0.2, 0.25) is 0 Å². The number of carbonyl (C=O) groups is 1. The topological polar surface area (TPSA) is 60.1 Å². The van der Waals surface area contributed by atoms with Crippen molar-refractivity contribution >= 4 is 11.7 Å². The van der Waals surface area contributed by atoms with Gasteiger partial charge >= 0.3 is 17.9 Å². The fraction of sp³-hybridized carbons (Fsp3) is 0.211. The number of halogens is 4. The van der Waals surface area contributed by atoms with Crippen molar-refractivity contribution in [3.05, 3.63) is 76.7 Å². The van der Waals surface area contributed by atoms with Crippen LogP contribution in [0.4, 0.5) is 28.0 Å². The number of benzene rings is 2. The third-order valence-electron chi connectivity index (χ3n) is 4.14. The quantitative estimate of drug-likeness (QED) is 0.614. The van der Waals surface area contributed by atoms with E-state index in [4.69, 9.17) is 0 Å². The molecular formula is C19H16F4N4O2. The van der Waals surface area contributed by atoms with E-state index in [2.05, 4.69) is 5.10 Å². The van der Waals surface area contributed by atoms with E-state index in [1.165, 1.54) is 29.2 Å². The molecule has 1 aromatic heterocycles. The van der Waals surface area contributed by atoms with Crippen LogP contribution in [0.1, 0.15) is 19.4 Å². The minimum Gasteiger partial charge on any atom is -0.291 e. The van der Waals surface area contributed by atoms with Gasteiger partial charge in [0.05, 0.1) is 11.3 Å². The monoisotopic (exact) mass is 408 g/mol. The molecule has 0 aliphatic heterocycles. The summed E-state index contributed by atoms with van der Waals surface area (Å²) in [7, 11) is 0. The molecule has 0 aliphatic carbocycles. The molecule has 0 aliphatic rings. The van der Waals surface area contributed by atoms with Gasteiger partial charge in [0.1, 0.15) is 12.1 Å². The van der Waals surface area contributed by atoms with Gasteiger partial charge in [-0.2, -0.15) is 27.5 Å². The molecule has 1 heterocycles. The number of nitrogens with zero attached hydrogens (tertiary/aromatic N) is 4. The van der Waals surface area contributed by atoms with Crippen LogP contribution in [0.25, 0.3) is 5.69 Å². The maximum atomic E-state index is 13.3. The summed E-state index contributed by atoms with van der Waals surface area (Å²) in [6.45, 7) is 3.35. The number of amides is 1. The summed E-state index contributed by atoms with van der Waals surface area (Å²) in [4.78, 5) is 26.8. The minimum absolute atomic E-state index is 0.321. The number of aromatic nitrogens is 3. The van der Waals surface area contributed by atoms with Crippen LogP contribution < -0.4 is 10.6 Å². The van der Waals surface area contributed by atoms with Crippen LogP contribution in [0.2, 0.25) is 0 Å². The van der Waals surface area contributed by atoms with Gasteiger partial charge in [-0.15, -0.1) is 0 Å². The second-order valence-electron chi connectivity index (χ2n) is 6.43. The Morgan fingerprint density at radius 2 is 1.69 bits per heavy atom. The first-order chi connectivity index (χ1) is 13.6. The van der Waals surface area contributed by atoms with Gasteiger partial charge in [0.25, 0.3) is 0 Å². The lowest BCUT2D eigenvalue weighted by molar-refractivity contribution is -0.137. The third-order valence-corrected chi connectivity index (χ3v) is 4.14. The van der Waals surface area contributed by atoms with Crippen molar-refractivity contribution in [1.82, 2.24) is 14.3 Å². The van der Waals surface area contributed by atoms with E-state index in [0.717, 1.165) is 30.6 Å². The molecule has 29 heavy (non-hydrogen) atoms. The highest BCUT2D eigenvalue weighted by Crippen LogP contribution is 2.32. The number of carbonyl (C=O) groups excluding carboxylic acids is 1. The first-order valence-electron chi connectivity index (χ1n) is 8.53. The average molecular weight is 408 g/mol. The number of alkyl halides is 3. The zero-order chi connectivity index (χ0) is 21.3. The summed E-state index contributed by atoms with van der Waals surface area (Å²) in [6.07, 6.45) is -3.85. The van der Waals surface area contributed by atoms with Crippen molar-refractivity contribution in [3.8, 4) is 5.69 Å². The van der Waals surface area contributed by atoms with Crippen molar-refractivity contribution < 1.29 is 22.4 Å². The molecule has 3 rings (SSSR count). The number of rotatable bonds is 3. The molecule has 0 bridgehead atoms. The van der Waals surface area contributed by atoms with Crippen LogP contribution in [0.3, 0.4) is 0 Å². The Hall–Kier alpha value is -3.43. The lowest BCUT2D eigenvalue weighted by atomic mass is 10.2. The van der Waals surface area contributed by atoms with E-state index in [1.807, 2.05) is 0 Å². The van der Waals surface area contributed by atoms with Gasteiger partial charge < -0.3 is 0 Å². The maximum absolute atomic E-state index is 13.3. The second-order valence-corrected chi connectivity index (χ2v) is 6.43. The van der Waals surface area contributed by atoms with Crippen molar-refractivity contribution in [2.45, 2.75) is 26.1 Å². The van der Waals surface area contributed by atoms with E-state index in [-0.39, 0.29) is 0 Å². The molecule has 3 aromatic rings. The first-order valence-corrected chi connectivity index (χ1v) is 8.53. The molecule has 1 amide bonds. The van der Waals surface area contributed by atoms with Crippen molar-refractivity contribution in [3.63, 3.8) is 0 Å². The summed E-state index contributed by atoms with van der Waals surface area (Å²) >= 11 is 0. The Labute approximate surface area is 162 Å². The predicted molar refractivity (Wildman–Crippen MR) is 97.6 cm³/mol. The minimum atomic E-state index is -4.71. The highest BCUT2D eigenvalue weighted by molar-refractivity contribution is 5.93. The third kappa shape index (κ3) is 3.91. The number of anilines is 1. The molecule has 0 unspecified atom stereocenters. The largest absolute Gasteiger partial charge is 0.418 e. The van der Waals surface area contributed by atoms with Crippen LogP contribution in [0.15, 0.2) is 59.7 Å². The molecule has 0 saturated carbocycles. The Morgan fingerprint density at radius 1 is 1.07 bits per heavy atom.